The van der Waals surface area contributed by atoms with Crippen LogP contribution in [-0.2, 0) is 6.42 Å². The number of aromatic nitrogens is 2. The molecular weight excluding hydrogens is 234 g/mol. The maximum Gasteiger partial charge on any atom is 0.110 e. The van der Waals surface area contributed by atoms with Crippen LogP contribution < -0.4 is 5.73 Å². The summed E-state index contributed by atoms with van der Waals surface area (Å²) in [5, 5.41) is 0. The molecule has 0 aliphatic rings. The lowest BCUT2D eigenvalue weighted by Gasteiger charge is -2.12. The Labute approximate surface area is 108 Å². The van der Waals surface area contributed by atoms with Crippen LogP contribution in [0, 0.1) is 0 Å². The van der Waals surface area contributed by atoms with Crippen LogP contribution >= 0.6 is 12.4 Å². The van der Waals surface area contributed by atoms with Gasteiger partial charge in [-0.05, 0) is 38.9 Å². The zero-order valence-electron chi connectivity index (χ0n) is 10.4. The number of imidazole rings is 1. The summed E-state index contributed by atoms with van der Waals surface area (Å²) in [6, 6.07) is 8.75. The number of fused-ring (bicyclic) bond motifs is 1. The molecule has 94 valence electrons. The first-order chi connectivity index (χ1) is 7.74. The Morgan fingerprint density at radius 2 is 2.00 bits per heavy atom. The van der Waals surface area contributed by atoms with Gasteiger partial charge in [0.05, 0.1) is 11.0 Å². The zero-order valence-corrected chi connectivity index (χ0v) is 11.2. The molecule has 0 fully saturated rings. The van der Waals surface area contributed by atoms with E-state index in [1.165, 1.54) is 5.52 Å². The average Bonchev–Trinajstić information content (AvgIpc) is 2.64. The second-order valence-corrected chi connectivity index (χ2v) is 4.37. The highest BCUT2D eigenvalue weighted by Crippen LogP contribution is 2.21. The Bertz CT molecular complexity index is 476. The largest absolute Gasteiger partial charge is 0.330 e. The first-order valence-electron chi connectivity index (χ1n) is 5.90. The van der Waals surface area contributed by atoms with E-state index in [0.29, 0.717) is 6.04 Å². The molecule has 0 amide bonds. The van der Waals surface area contributed by atoms with Gasteiger partial charge >= 0.3 is 0 Å². The van der Waals surface area contributed by atoms with Crippen molar-refractivity contribution in [3.05, 3.63) is 30.1 Å². The molecule has 0 spiro atoms. The van der Waals surface area contributed by atoms with Gasteiger partial charge in [-0.2, -0.15) is 0 Å². The van der Waals surface area contributed by atoms with Crippen LogP contribution in [0.25, 0.3) is 11.0 Å². The number of para-hydroxylation sites is 2. The average molecular weight is 254 g/mol. The molecule has 1 aromatic heterocycles. The van der Waals surface area contributed by atoms with E-state index in [9.17, 15) is 0 Å². The van der Waals surface area contributed by atoms with Crippen LogP contribution in [-0.4, -0.2) is 16.1 Å². The van der Waals surface area contributed by atoms with Crippen LogP contribution in [0.5, 0.6) is 0 Å². The van der Waals surface area contributed by atoms with Crippen molar-refractivity contribution < 1.29 is 0 Å². The third-order valence-electron chi connectivity index (χ3n) is 2.79. The van der Waals surface area contributed by atoms with Crippen LogP contribution in [0.1, 0.15) is 32.1 Å². The monoisotopic (exact) mass is 253 g/mol. The summed E-state index contributed by atoms with van der Waals surface area (Å²) in [6.07, 6.45) is 1.96. The van der Waals surface area contributed by atoms with Crippen LogP contribution in [0.2, 0.25) is 0 Å². The van der Waals surface area contributed by atoms with E-state index in [1.807, 2.05) is 6.07 Å². The third kappa shape index (κ3) is 2.79. The zero-order chi connectivity index (χ0) is 11.5. The molecule has 1 aromatic carbocycles. The number of nitrogens with zero attached hydrogens (tertiary/aromatic N) is 2. The number of aryl methyl sites for hydroxylation is 1. The van der Waals surface area contributed by atoms with Gasteiger partial charge in [-0.25, -0.2) is 4.98 Å². The Kier molecular flexibility index (Phi) is 4.97. The molecule has 0 unspecified atom stereocenters. The predicted octanol–water partition coefficient (Wildman–Crippen LogP) is 2.93. The minimum atomic E-state index is 0. The lowest BCUT2D eigenvalue weighted by atomic mass is 10.2. The van der Waals surface area contributed by atoms with Gasteiger partial charge in [-0.15, -0.1) is 12.4 Å². The van der Waals surface area contributed by atoms with Crippen molar-refractivity contribution in [2.24, 2.45) is 5.73 Å². The van der Waals surface area contributed by atoms with Crippen LogP contribution in [0.3, 0.4) is 0 Å². The highest BCUT2D eigenvalue weighted by atomic mass is 35.5. The van der Waals surface area contributed by atoms with E-state index in [4.69, 9.17) is 5.73 Å². The molecule has 1 heterocycles. The molecule has 3 nitrogen and oxygen atoms in total. The van der Waals surface area contributed by atoms with Crippen molar-refractivity contribution in [3.63, 3.8) is 0 Å². The van der Waals surface area contributed by atoms with E-state index >= 15 is 0 Å². The van der Waals surface area contributed by atoms with Crippen LogP contribution in [0.15, 0.2) is 24.3 Å². The number of hydrogen-bond donors (Lipinski definition) is 1. The maximum absolute atomic E-state index is 5.56. The second kappa shape index (κ2) is 6.03. The van der Waals surface area contributed by atoms with Crippen molar-refractivity contribution in [2.45, 2.75) is 32.7 Å². The number of rotatable bonds is 4. The fourth-order valence-electron chi connectivity index (χ4n) is 2.11. The quantitative estimate of drug-likeness (QED) is 0.911. The van der Waals surface area contributed by atoms with Crippen molar-refractivity contribution in [2.75, 3.05) is 6.54 Å². The van der Waals surface area contributed by atoms with E-state index in [-0.39, 0.29) is 12.4 Å². The number of benzene rings is 1. The maximum atomic E-state index is 5.56. The van der Waals surface area contributed by atoms with E-state index in [0.717, 1.165) is 30.7 Å². The molecule has 0 saturated carbocycles. The number of halogens is 1. The third-order valence-corrected chi connectivity index (χ3v) is 2.79. The molecule has 0 bridgehead atoms. The fraction of sp³-hybridized carbons (Fsp3) is 0.462. The molecule has 0 aliphatic carbocycles. The van der Waals surface area contributed by atoms with Gasteiger partial charge in [-0.3, -0.25) is 0 Å². The summed E-state index contributed by atoms with van der Waals surface area (Å²) in [4.78, 5) is 4.68. The van der Waals surface area contributed by atoms with Crippen molar-refractivity contribution in [1.29, 1.82) is 0 Å². The number of hydrogen-bond acceptors (Lipinski definition) is 2. The molecule has 0 saturated heterocycles. The highest BCUT2D eigenvalue weighted by Gasteiger charge is 2.11. The molecule has 0 radical (unpaired) electrons. The normalized spacial score (nSPS) is 10.8. The SMILES string of the molecule is CC(C)n1c(CCCN)nc2ccccc21.Cl. The fourth-order valence-corrected chi connectivity index (χ4v) is 2.11. The topological polar surface area (TPSA) is 43.8 Å². The van der Waals surface area contributed by atoms with Gasteiger partial charge < -0.3 is 10.3 Å². The predicted molar refractivity (Wildman–Crippen MR) is 74.7 cm³/mol. The molecule has 4 heteroatoms. The lowest BCUT2D eigenvalue weighted by molar-refractivity contribution is 0.577. The van der Waals surface area contributed by atoms with Gasteiger partial charge in [0.15, 0.2) is 0 Å². The molecule has 2 N–H and O–H groups in total. The minimum Gasteiger partial charge on any atom is -0.330 e. The van der Waals surface area contributed by atoms with Crippen LogP contribution in [0.4, 0.5) is 0 Å². The molecule has 0 aliphatic heterocycles. The Hall–Kier alpha value is -1.06. The van der Waals surface area contributed by atoms with E-state index in [2.05, 4.69) is 41.6 Å². The molecule has 17 heavy (non-hydrogen) atoms. The van der Waals surface area contributed by atoms with Gasteiger partial charge in [0.25, 0.3) is 0 Å². The Morgan fingerprint density at radius 1 is 1.29 bits per heavy atom. The summed E-state index contributed by atoms with van der Waals surface area (Å²) in [5.74, 6) is 1.15. The molecular formula is C13H20ClN3. The summed E-state index contributed by atoms with van der Waals surface area (Å²) in [7, 11) is 0. The van der Waals surface area contributed by atoms with E-state index in [1.54, 1.807) is 0 Å². The smallest absolute Gasteiger partial charge is 0.110 e. The summed E-state index contributed by atoms with van der Waals surface area (Å²) >= 11 is 0. The lowest BCUT2D eigenvalue weighted by Crippen LogP contribution is -2.08. The second-order valence-electron chi connectivity index (χ2n) is 4.37. The Balaban J connectivity index is 0.00000144. The van der Waals surface area contributed by atoms with Crippen molar-refractivity contribution >= 4 is 23.4 Å². The van der Waals surface area contributed by atoms with Gasteiger partial charge in [0.2, 0.25) is 0 Å². The molecule has 2 aromatic rings. The first-order valence-corrected chi connectivity index (χ1v) is 5.90. The van der Waals surface area contributed by atoms with Gasteiger partial charge in [-0.1, -0.05) is 12.1 Å². The van der Waals surface area contributed by atoms with Gasteiger partial charge in [0, 0.05) is 12.5 Å². The summed E-state index contributed by atoms with van der Waals surface area (Å²) in [5.41, 5.74) is 7.87. The van der Waals surface area contributed by atoms with E-state index < -0.39 is 0 Å². The first kappa shape index (κ1) is 14.0. The van der Waals surface area contributed by atoms with Gasteiger partial charge in [0.1, 0.15) is 5.82 Å². The summed E-state index contributed by atoms with van der Waals surface area (Å²) < 4.78 is 2.31. The molecule has 0 atom stereocenters. The highest BCUT2D eigenvalue weighted by molar-refractivity contribution is 5.85. The van der Waals surface area contributed by atoms with Crippen molar-refractivity contribution in [3.8, 4) is 0 Å². The van der Waals surface area contributed by atoms with Crippen molar-refractivity contribution in [1.82, 2.24) is 9.55 Å². The molecule has 2 rings (SSSR count). The standard InChI is InChI=1S/C13H19N3.ClH/c1-10(2)16-12-7-4-3-6-11(12)15-13(16)8-5-9-14;/h3-4,6-7,10H,5,8-9,14H2,1-2H3;1H. The Morgan fingerprint density at radius 3 is 2.65 bits per heavy atom. The summed E-state index contributed by atoms with van der Waals surface area (Å²) in [6.45, 7) is 5.11. The minimum absolute atomic E-state index is 0. The number of nitrogens with two attached hydrogens (primary N) is 1.